The molecule has 2 aromatic carbocycles. The highest BCUT2D eigenvalue weighted by molar-refractivity contribution is 5.38. The van der Waals surface area contributed by atoms with Gasteiger partial charge in [0.2, 0.25) is 0 Å². The van der Waals surface area contributed by atoms with Crippen LogP contribution in [0.5, 0.6) is 0 Å². The highest BCUT2D eigenvalue weighted by atomic mass is 19.4. The van der Waals surface area contributed by atoms with Crippen molar-refractivity contribution < 1.29 is 13.2 Å². The maximum Gasteiger partial charge on any atom is 0.416 e. The van der Waals surface area contributed by atoms with E-state index in [1.54, 1.807) is 35.2 Å². The van der Waals surface area contributed by atoms with Gasteiger partial charge in [0.15, 0.2) is 0 Å². The van der Waals surface area contributed by atoms with Crippen LogP contribution in [0.4, 0.5) is 13.2 Å². The predicted molar refractivity (Wildman–Crippen MR) is 86.7 cm³/mol. The van der Waals surface area contributed by atoms with Gasteiger partial charge in [0.1, 0.15) is 5.82 Å². The molecule has 1 aromatic heterocycles. The molecule has 0 spiro atoms. The highest BCUT2D eigenvalue weighted by Crippen LogP contribution is 2.32. The zero-order valence-corrected chi connectivity index (χ0v) is 13.2. The molecule has 126 valence electrons. The molecule has 0 saturated heterocycles. The second-order valence-corrected chi connectivity index (χ2v) is 5.57. The van der Waals surface area contributed by atoms with E-state index in [1.807, 2.05) is 12.1 Å². The van der Waals surface area contributed by atoms with E-state index in [9.17, 15) is 18.4 Å². The van der Waals surface area contributed by atoms with Crippen molar-refractivity contribution in [1.82, 2.24) is 9.55 Å². The van der Waals surface area contributed by atoms with E-state index in [-0.39, 0.29) is 12.0 Å². The third kappa shape index (κ3) is 3.72. The maximum absolute atomic E-state index is 13.2. The van der Waals surface area contributed by atoms with Gasteiger partial charge < -0.3 is 4.57 Å². The lowest BCUT2D eigenvalue weighted by Crippen LogP contribution is -2.12. The van der Waals surface area contributed by atoms with Gasteiger partial charge in [-0.05, 0) is 23.3 Å². The van der Waals surface area contributed by atoms with Crippen molar-refractivity contribution in [2.45, 2.75) is 19.1 Å². The summed E-state index contributed by atoms with van der Waals surface area (Å²) < 4.78 is 41.2. The van der Waals surface area contributed by atoms with Crippen LogP contribution in [0.3, 0.4) is 0 Å². The average Bonchev–Trinajstić information content (AvgIpc) is 3.02. The molecule has 0 fully saturated rings. The number of rotatable bonds is 4. The number of benzene rings is 2. The van der Waals surface area contributed by atoms with E-state index in [4.69, 9.17) is 0 Å². The molecule has 6 heteroatoms. The van der Waals surface area contributed by atoms with Crippen LogP contribution in [-0.2, 0) is 19.1 Å². The van der Waals surface area contributed by atoms with E-state index in [0.29, 0.717) is 17.9 Å². The van der Waals surface area contributed by atoms with Gasteiger partial charge in [0.05, 0.1) is 23.7 Å². The van der Waals surface area contributed by atoms with E-state index in [2.05, 4.69) is 11.1 Å². The van der Waals surface area contributed by atoms with E-state index < -0.39 is 11.7 Å². The summed E-state index contributed by atoms with van der Waals surface area (Å²) in [7, 11) is 0. The Hall–Kier alpha value is -3.07. The summed E-state index contributed by atoms with van der Waals surface area (Å²) in [5.41, 5.74) is 0.865. The molecular formula is C19H14F3N3. The summed E-state index contributed by atoms with van der Waals surface area (Å²) in [4.78, 5) is 4.20. The highest BCUT2D eigenvalue weighted by Gasteiger charge is 2.33. The molecule has 0 aliphatic carbocycles. The van der Waals surface area contributed by atoms with Gasteiger partial charge in [-0.2, -0.15) is 18.4 Å². The number of hydrogen-bond donors (Lipinski definition) is 0. The first-order valence-electron chi connectivity index (χ1n) is 7.62. The second-order valence-electron chi connectivity index (χ2n) is 5.57. The Morgan fingerprint density at radius 2 is 1.68 bits per heavy atom. The first-order valence-corrected chi connectivity index (χ1v) is 7.62. The Balaban J connectivity index is 1.90. The molecule has 3 nitrogen and oxygen atoms in total. The van der Waals surface area contributed by atoms with Crippen molar-refractivity contribution >= 4 is 0 Å². The molecule has 0 saturated carbocycles. The molecule has 0 bridgehead atoms. The Morgan fingerprint density at radius 3 is 2.40 bits per heavy atom. The lowest BCUT2D eigenvalue weighted by Gasteiger charge is -2.14. The zero-order valence-electron chi connectivity index (χ0n) is 13.2. The Bertz CT molecular complexity index is 920. The molecule has 0 radical (unpaired) electrons. The topological polar surface area (TPSA) is 41.6 Å². The minimum Gasteiger partial charge on any atom is -0.330 e. The fourth-order valence-electron chi connectivity index (χ4n) is 2.72. The molecule has 0 N–H and O–H groups in total. The van der Waals surface area contributed by atoms with Gasteiger partial charge in [-0.1, -0.05) is 36.4 Å². The first kappa shape index (κ1) is 16.8. The van der Waals surface area contributed by atoms with Crippen LogP contribution < -0.4 is 0 Å². The summed E-state index contributed by atoms with van der Waals surface area (Å²) in [5, 5.41) is 9.18. The fourth-order valence-corrected chi connectivity index (χ4v) is 2.72. The van der Waals surface area contributed by atoms with Gasteiger partial charge in [0.25, 0.3) is 0 Å². The third-order valence-corrected chi connectivity index (χ3v) is 3.95. The standard InChI is InChI=1S/C19H14F3N3/c20-19(21,22)17-8-4-3-5-14(17)11-18-24-9-10-25(18)13-16-7-2-1-6-15(16)12-23/h1-10H,11,13H2. The predicted octanol–water partition coefficient (Wildman–Crippen LogP) is 4.41. The number of imidazole rings is 1. The van der Waals surface area contributed by atoms with Crippen molar-refractivity contribution in [3.05, 3.63) is 89.0 Å². The monoisotopic (exact) mass is 341 g/mol. The van der Waals surface area contributed by atoms with E-state index in [1.165, 1.54) is 12.1 Å². The van der Waals surface area contributed by atoms with Crippen molar-refractivity contribution in [2.24, 2.45) is 0 Å². The van der Waals surface area contributed by atoms with Gasteiger partial charge in [-0.15, -0.1) is 0 Å². The quantitative estimate of drug-likeness (QED) is 0.705. The molecule has 3 rings (SSSR count). The van der Waals surface area contributed by atoms with Gasteiger partial charge in [-0.25, -0.2) is 4.98 Å². The SMILES string of the molecule is N#Cc1ccccc1Cn1ccnc1Cc1ccccc1C(F)(F)F. The summed E-state index contributed by atoms with van der Waals surface area (Å²) in [6.07, 6.45) is -1.07. The average molecular weight is 341 g/mol. The van der Waals surface area contributed by atoms with Crippen LogP contribution in [-0.4, -0.2) is 9.55 Å². The first-order chi connectivity index (χ1) is 12.0. The fraction of sp³-hybridized carbons (Fsp3) is 0.158. The minimum absolute atomic E-state index is 0.0669. The lowest BCUT2D eigenvalue weighted by atomic mass is 10.0. The normalized spacial score (nSPS) is 11.3. The molecule has 25 heavy (non-hydrogen) atoms. The number of aromatic nitrogens is 2. The Morgan fingerprint density at radius 1 is 1.00 bits per heavy atom. The van der Waals surface area contributed by atoms with Gasteiger partial charge in [-0.3, -0.25) is 0 Å². The smallest absolute Gasteiger partial charge is 0.330 e. The van der Waals surface area contributed by atoms with Crippen LogP contribution in [0.2, 0.25) is 0 Å². The number of alkyl halides is 3. The molecule has 1 heterocycles. The van der Waals surface area contributed by atoms with Crippen LogP contribution >= 0.6 is 0 Å². The van der Waals surface area contributed by atoms with Gasteiger partial charge >= 0.3 is 6.18 Å². The molecular weight excluding hydrogens is 327 g/mol. The van der Waals surface area contributed by atoms with Crippen LogP contribution in [0.15, 0.2) is 60.9 Å². The number of hydrogen-bond acceptors (Lipinski definition) is 2. The Kier molecular flexibility index (Phi) is 4.57. The number of halogens is 3. The summed E-state index contributed by atoms with van der Waals surface area (Å²) in [6.45, 7) is 0.382. The lowest BCUT2D eigenvalue weighted by molar-refractivity contribution is -0.138. The molecule has 0 amide bonds. The van der Waals surface area contributed by atoms with Crippen molar-refractivity contribution in [3.63, 3.8) is 0 Å². The summed E-state index contributed by atoms with van der Waals surface area (Å²) in [6, 6.07) is 14.8. The molecule has 3 aromatic rings. The zero-order chi connectivity index (χ0) is 17.9. The molecule has 0 atom stereocenters. The summed E-state index contributed by atoms with van der Waals surface area (Å²) in [5.74, 6) is 0.518. The van der Waals surface area contributed by atoms with Crippen LogP contribution in [0.25, 0.3) is 0 Å². The van der Waals surface area contributed by atoms with Crippen LogP contribution in [0.1, 0.15) is 28.1 Å². The molecule has 0 aliphatic rings. The van der Waals surface area contributed by atoms with Crippen molar-refractivity contribution in [3.8, 4) is 6.07 Å². The maximum atomic E-state index is 13.2. The summed E-state index contributed by atoms with van der Waals surface area (Å²) >= 11 is 0. The number of nitrogens with zero attached hydrogens (tertiary/aromatic N) is 3. The van der Waals surface area contributed by atoms with Crippen molar-refractivity contribution in [1.29, 1.82) is 5.26 Å². The third-order valence-electron chi connectivity index (χ3n) is 3.95. The number of nitriles is 1. The van der Waals surface area contributed by atoms with E-state index >= 15 is 0 Å². The molecule has 0 aliphatic heterocycles. The second kappa shape index (κ2) is 6.81. The minimum atomic E-state index is -4.40. The Labute approximate surface area is 143 Å². The van der Waals surface area contributed by atoms with Crippen LogP contribution in [0, 0.1) is 11.3 Å². The molecule has 0 unspecified atom stereocenters. The van der Waals surface area contributed by atoms with Crippen molar-refractivity contribution in [2.75, 3.05) is 0 Å². The van der Waals surface area contributed by atoms with E-state index in [0.717, 1.165) is 11.6 Å². The van der Waals surface area contributed by atoms with Gasteiger partial charge in [0, 0.05) is 18.8 Å². The largest absolute Gasteiger partial charge is 0.416 e.